The maximum atomic E-state index is 12.9. The lowest BCUT2D eigenvalue weighted by molar-refractivity contribution is -0.135. The van der Waals surface area contributed by atoms with Crippen molar-refractivity contribution < 1.29 is 24.2 Å². The van der Waals surface area contributed by atoms with E-state index < -0.39 is 0 Å². The highest BCUT2D eigenvalue weighted by molar-refractivity contribution is 6.15. The van der Waals surface area contributed by atoms with E-state index in [0.29, 0.717) is 22.6 Å². The van der Waals surface area contributed by atoms with Crippen LogP contribution in [0.3, 0.4) is 0 Å². The maximum Gasteiger partial charge on any atom is 0.312 e. The van der Waals surface area contributed by atoms with E-state index in [-0.39, 0.29) is 35.6 Å². The molecule has 2 aliphatic heterocycles. The highest BCUT2D eigenvalue weighted by Gasteiger charge is 2.38. The molecule has 0 bridgehead atoms. The van der Waals surface area contributed by atoms with Gasteiger partial charge in [0.1, 0.15) is 17.2 Å². The molecule has 0 fully saturated rings. The first-order valence-electron chi connectivity index (χ1n) is 9.26. The van der Waals surface area contributed by atoms with Crippen LogP contribution in [0.4, 0.5) is 0 Å². The molecular formula is C24H16O5. The van der Waals surface area contributed by atoms with Crippen molar-refractivity contribution in [3.8, 4) is 17.2 Å². The third-order valence-electron chi connectivity index (χ3n) is 5.17. The number of benzene rings is 3. The second-order valence-electron chi connectivity index (χ2n) is 7.03. The molecule has 0 saturated carbocycles. The predicted octanol–water partition coefficient (Wildman–Crippen LogP) is 4.45. The van der Waals surface area contributed by atoms with E-state index in [4.69, 9.17) is 9.47 Å². The summed E-state index contributed by atoms with van der Waals surface area (Å²) in [7, 11) is 0. The van der Waals surface area contributed by atoms with Crippen LogP contribution in [0, 0.1) is 0 Å². The number of carbonyl (C=O) groups excluding carboxylic acids is 2. The molecule has 0 spiro atoms. The van der Waals surface area contributed by atoms with Crippen molar-refractivity contribution >= 4 is 17.8 Å². The number of ether oxygens (including phenoxy) is 2. The monoisotopic (exact) mass is 384 g/mol. The van der Waals surface area contributed by atoms with Gasteiger partial charge in [0.25, 0.3) is 0 Å². The van der Waals surface area contributed by atoms with Crippen LogP contribution in [0.15, 0.2) is 72.5 Å². The van der Waals surface area contributed by atoms with Gasteiger partial charge in [-0.1, -0.05) is 42.5 Å². The van der Waals surface area contributed by atoms with Gasteiger partial charge in [0.2, 0.25) is 5.78 Å². The Morgan fingerprint density at radius 1 is 0.897 bits per heavy atom. The van der Waals surface area contributed by atoms with Crippen molar-refractivity contribution in [1.29, 1.82) is 0 Å². The zero-order valence-corrected chi connectivity index (χ0v) is 15.3. The normalized spacial score (nSPS) is 18.8. The first kappa shape index (κ1) is 17.3. The summed E-state index contributed by atoms with van der Waals surface area (Å²) in [5.74, 6) is 0.330. The summed E-state index contributed by atoms with van der Waals surface area (Å²) >= 11 is 0. The third kappa shape index (κ3) is 2.97. The van der Waals surface area contributed by atoms with Crippen LogP contribution in [0.25, 0.3) is 6.08 Å². The molecule has 0 radical (unpaired) electrons. The van der Waals surface area contributed by atoms with Gasteiger partial charge in [0, 0.05) is 11.5 Å². The number of aromatic hydroxyl groups is 1. The summed E-state index contributed by atoms with van der Waals surface area (Å²) in [4.78, 5) is 25.1. The number of phenolic OH excluding ortho intramolecular Hbond substituents is 1. The molecule has 0 aromatic heterocycles. The number of phenols is 1. The molecule has 2 aliphatic rings. The zero-order chi connectivity index (χ0) is 20.0. The molecule has 1 atom stereocenters. The van der Waals surface area contributed by atoms with Crippen LogP contribution in [-0.2, 0) is 4.79 Å². The van der Waals surface area contributed by atoms with Crippen molar-refractivity contribution in [2.75, 3.05) is 0 Å². The first-order valence-corrected chi connectivity index (χ1v) is 9.26. The van der Waals surface area contributed by atoms with Crippen LogP contribution in [0.5, 0.6) is 17.2 Å². The molecule has 2 heterocycles. The zero-order valence-electron chi connectivity index (χ0n) is 15.3. The fraction of sp³-hybridized carbons (Fsp3) is 0.0833. The standard InChI is InChI=1S/C24H16O5/c25-16-8-6-15(7-9-16)18-13-21(26)28-19-11-10-17-23(27)20(29-24(17)22(18)19)12-14-4-2-1-3-5-14/h1-12,18,25H,13H2/b20-12-/t18-/m0/s1. The Balaban J connectivity index is 1.62. The Kier molecular flexibility index (Phi) is 3.95. The van der Waals surface area contributed by atoms with Gasteiger partial charge in [-0.05, 0) is 41.5 Å². The molecule has 3 aromatic rings. The highest BCUT2D eigenvalue weighted by Crippen LogP contribution is 2.49. The van der Waals surface area contributed by atoms with Gasteiger partial charge in [-0.25, -0.2) is 0 Å². The number of carbonyl (C=O) groups is 2. The minimum Gasteiger partial charge on any atom is -0.508 e. The molecule has 29 heavy (non-hydrogen) atoms. The number of allylic oxidation sites excluding steroid dienone is 1. The van der Waals surface area contributed by atoms with Gasteiger partial charge in [-0.15, -0.1) is 0 Å². The fourth-order valence-corrected chi connectivity index (χ4v) is 3.80. The Bertz CT molecular complexity index is 1160. The summed E-state index contributed by atoms with van der Waals surface area (Å²) in [6.45, 7) is 0. The molecule has 0 amide bonds. The van der Waals surface area contributed by atoms with Gasteiger partial charge < -0.3 is 14.6 Å². The summed E-state index contributed by atoms with van der Waals surface area (Å²) in [5, 5.41) is 9.60. The number of fused-ring (bicyclic) bond motifs is 3. The Morgan fingerprint density at radius 3 is 2.41 bits per heavy atom. The lowest BCUT2D eigenvalue weighted by Crippen LogP contribution is -2.21. The highest BCUT2D eigenvalue weighted by atomic mass is 16.5. The topological polar surface area (TPSA) is 72.8 Å². The van der Waals surface area contributed by atoms with Crippen LogP contribution < -0.4 is 9.47 Å². The Morgan fingerprint density at radius 2 is 1.66 bits per heavy atom. The first-order chi connectivity index (χ1) is 14.1. The van der Waals surface area contributed by atoms with E-state index in [2.05, 4.69) is 0 Å². The average molecular weight is 384 g/mol. The van der Waals surface area contributed by atoms with Crippen LogP contribution >= 0.6 is 0 Å². The summed E-state index contributed by atoms with van der Waals surface area (Å²) in [6.07, 6.45) is 1.84. The van der Waals surface area contributed by atoms with Gasteiger partial charge >= 0.3 is 5.97 Å². The molecule has 5 nitrogen and oxygen atoms in total. The molecule has 5 rings (SSSR count). The summed E-state index contributed by atoms with van der Waals surface area (Å²) in [6, 6.07) is 19.4. The van der Waals surface area contributed by atoms with Crippen molar-refractivity contribution in [2.45, 2.75) is 12.3 Å². The lowest BCUT2D eigenvalue weighted by atomic mass is 9.84. The van der Waals surface area contributed by atoms with E-state index in [1.54, 1.807) is 42.5 Å². The van der Waals surface area contributed by atoms with Gasteiger partial charge in [-0.2, -0.15) is 0 Å². The summed E-state index contributed by atoms with van der Waals surface area (Å²) in [5.41, 5.74) is 2.83. The van der Waals surface area contributed by atoms with Crippen LogP contribution in [-0.4, -0.2) is 16.9 Å². The van der Waals surface area contributed by atoms with Crippen LogP contribution in [0.2, 0.25) is 0 Å². The van der Waals surface area contributed by atoms with E-state index >= 15 is 0 Å². The maximum absolute atomic E-state index is 12.9. The molecule has 3 aromatic carbocycles. The molecule has 5 heteroatoms. The van der Waals surface area contributed by atoms with Crippen LogP contribution in [0.1, 0.15) is 39.4 Å². The van der Waals surface area contributed by atoms with Crippen molar-refractivity contribution in [1.82, 2.24) is 0 Å². The molecule has 0 saturated heterocycles. The van der Waals surface area contributed by atoms with Crippen molar-refractivity contribution in [2.24, 2.45) is 0 Å². The van der Waals surface area contributed by atoms with E-state index in [1.165, 1.54) is 0 Å². The number of ketones is 1. The summed E-state index contributed by atoms with van der Waals surface area (Å²) < 4.78 is 11.4. The smallest absolute Gasteiger partial charge is 0.312 e. The van der Waals surface area contributed by atoms with Crippen molar-refractivity contribution in [3.05, 3.63) is 94.7 Å². The minimum atomic E-state index is -0.347. The minimum absolute atomic E-state index is 0.128. The van der Waals surface area contributed by atoms with Gasteiger partial charge in [-0.3, -0.25) is 9.59 Å². The van der Waals surface area contributed by atoms with Crippen molar-refractivity contribution in [3.63, 3.8) is 0 Å². The Labute approximate surface area is 166 Å². The molecule has 0 aliphatic carbocycles. The quantitative estimate of drug-likeness (QED) is 0.401. The SMILES string of the molecule is O=C1C[C@@H](c2ccc(O)cc2)c2c(ccc3c2O/C(=C\c2ccccc2)C3=O)O1. The third-order valence-corrected chi connectivity index (χ3v) is 5.17. The molecule has 0 unspecified atom stereocenters. The number of rotatable bonds is 2. The molecule has 142 valence electrons. The number of esters is 1. The van der Waals surface area contributed by atoms with E-state index in [0.717, 1.165) is 11.1 Å². The molecular weight excluding hydrogens is 368 g/mol. The number of hydrogen-bond acceptors (Lipinski definition) is 5. The largest absolute Gasteiger partial charge is 0.508 e. The fourth-order valence-electron chi connectivity index (χ4n) is 3.80. The number of hydrogen-bond donors (Lipinski definition) is 1. The van der Waals surface area contributed by atoms with E-state index in [1.807, 2.05) is 30.3 Å². The molecule has 1 N–H and O–H groups in total. The number of Topliss-reactive ketones (excluding diaryl/α,β-unsaturated/α-hetero) is 1. The average Bonchev–Trinajstić information content (AvgIpc) is 3.04. The van der Waals surface area contributed by atoms with Gasteiger partial charge in [0.05, 0.1) is 12.0 Å². The lowest BCUT2D eigenvalue weighted by Gasteiger charge is -2.26. The Hall–Kier alpha value is -3.86. The van der Waals surface area contributed by atoms with E-state index in [9.17, 15) is 14.7 Å². The second-order valence-corrected chi connectivity index (χ2v) is 7.03. The predicted molar refractivity (Wildman–Crippen MR) is 106 cm³/mol. The van der Waals surface area contributed by atoms with Gasteiger partial charge in [0.15, 0.2) is 5.76 Å². The second kappa shape index (κ2) is 6.63.